The molecule has 0 fully saturated rings. The topological polar surface area (TPSA) is 39.2 Å². The van der Waals surface area contributed by atoms with E-state index >= 15 is 0 Å². The van der Waals surface area contributed by atoms with Crippen molar-refractivity contribution in [1.82, 2.24) is 4.98 Å². The van der Waals surface area contributed by atoms with Crippen LogP contribution in [-0.2, 0) is 11.3 Å². The van der Waals surface area contributed by atoms with Gasteiger partial charge in [-0.05, 0) is 29.1 Å². The fourth-order valence-electron chi connectivity index (χ4n) is 2.70. The first-order valence-corrected chi connectivity index (χ1v) is 8.84. The lowest BCUT2D eigenvalue weighted by Gasteiger charge is -2.09. The summed E-state index contributed by atoms with van der Waals surface area (Å²) >= 11 is 1.60. The lowest BCUT2D eigenvalue weighted by molar-refractivity contribution is 0.0475. The van der Waals surface area contributed by atoms with Gasteiger partial charge in [0.25, 0.3) is 0 Å². The van der Waals surface area contributed by atoms with Crippen molar-refractivity contribution >= 4 is 28.2 Å². The summed E-state index contributed by atoms with van der Waals surface area (Å²) in [6.45, 7) is 0.255. The number of hydrogen-bond donors (Lipinski definition) is 0. The average Bonchev–Trinajstić information content (AvgIpc) is 3.21. The Morgan fingerprint density at radius 1 is 0.960 bits per heavy atom. The zero-order valence-electron chi connectivity index (χ0n) is 13.4. The van der Waals surface area contributed by atoms with Gasteiger partial charge in [0.1, 0.15) is 6.61 Å². The number of ether oxygens (including phenoxy) is 1. The number of carbonyl (C=O) groups is 1. The molecule has 0 saturated heterocycles. The van der Waals surface area contributed by atoms with Crippen molar-refractivity contribution in [3.05, 3.63) is 89.3 Å². The normalized spacial score (nSPS) is 10.7. The van der Waals surface area contributed by atoms with E-state index in [0.717, 1.165) is 27.0 Å². The molecular formula is C21H15NO2S. The summed E-state index contributed by atoms with van der Waals surface area (Å²) in [6, 6.07) is 23.1. The Morgan fingerprint density at radius 3 is 2.56 bits per heavy atom. The minimum absolute atomic E-state index is 0.255. The number of para-hydroxylation sites is 1. The number of nitrogens with zero attached hydrogens (tertiary/aromatic N) is 1. The molecule has 0 unspecified atom stereocenters. The standard InChI is InChI=1S/C21H15NO2S/c23-21(24-14-15-7-2-1-3-8-15)17-13-19(20-11-6-12-25-20)22-18-10-5-4-9-16(17)18/h1-13H,14H2. The van der Waals surface area contributed by atoms with Gasteiger partial charge in [-0.15, -0.1) is 11.3 Å². The minimum atomic E-state index is -0.333. The number of carbonyl (C=O) groups excluding carboxylic acids is 1. The van der Waals surface area contributed by atoms with Gasteiger partial charge < -0.3 is 4.74 Å². The van der Waals surface area contributed by atoms with Crippen molar-refractivity contribution in [3.8, 4) is 10.6 Å². The summed E-state index contributed by atoms with van der Waals surface area (Å²) < 4.78 is 5.53. The lowest BCUT2D eigenvalue weighted by Crippen LogP contribution is -2.07. The average molecular weight is 345 g/mol. The first kappa shape index (κ1) is 15.5. The van der Waals surface area contributed by atoms with Gasteiger partial charge in [0, 0.05) is 5.39 Å². The number of rotatable bonds is 4. The van der Waals surface area contributed by atoms with Crippen molar-refractivity contribution in [2.45, 2.75) is 6.61 Å². The second-order valence-corrected chi connectivity index (χ2v) is 6.56. The van der Waals surface area contributed by atoms with Gasteiger partial charge in [0.2, 0.25) is 0 Å². The molecule has 3 nitrogen and oxygen atoms in total. The van der Waals surface area contributed by atoms with Crippen molar-refractivity contribution in [1.29, 1.82) is 0 Å². The van der Waals surface area contributed by atoms with Crippen LogP contribution in [0.25, 0.3) is 21.5 Å². The molecule has 25 heavy (non-hydrogen) atoms. The van der Waals surface area contributed by atoms with Crippen LogP contribution in [0.15, 0.2) is 78.2 Å². The molecule has 0 bridgehead atoms. The molecule has 4 heteroatoms. The summed E-state index contributed by atoms with van der Waals surface area (Å²) in [5, 5.41) is 2.81. The van der Waals surface area contributed by atoms with Crippen molar-refractivity contribution in [2.75, 3.05) is 0 Å². The summed E-state index contributed by atoms with van der Waals surface area (Å²) in [7, 11) is 0. The molecule has 0 radical (unpaired) electrons. The first-order valence-electron chi connectivity index (χ1n) is 7.96. The quantitative estimate of drug-likeness (QED) is 0.470. The van der Waals surface area contributed by atoms with Crippen LogP contribution in [0.5, 0.6) is 0 Å². The Hall–Kier alpha value is -2.98. The SMILES string of the molecule is O=C(OCc1ccccc1)c1cc(-c2cccs2)nc2ccccc12. The highest BCUT2D eigenvalue weighted by Crippen LogP contribution is 2.28. The molecule has 0 aliphatic carbocycles. The third kappa shape index (κ3) is 3.30. The van der Waals surface area contributed by atoms with Crippen molar-refractivity contribution in [3.63, 3.8) is 0 Å². The number of fused-ring (bicyclic) bond motifs is 1. The maximum atomic E-state index is 12.7. The van der Waals surface area contributed by atoms with E-state index in [1.54, 1.807) is 11.3 Å². The van der Waals surface area contributed by atoms with E-state index in [1.807, 2.05) is 78.2 Å². The lowest BCUT2D eigenvalue weighted by atomic mass is 10.1. The predicted octanol–water partition coefficient (Wildman–Crippen LogP) is 5.32. The van der Waals surface area contributed by atoms with Gasteiger partial charge in [-0.25, -0.2) is 9.78 Å². The number of pyridine rings is 1. The summed E-state index contributed by atoms with van der Waals surface area (Å²) in [4.78, 5) is 18.4. The van der Waals surface area contributed by atoms with Crippen LogP contribution >= 0.6 is 11.3 Å². The molecule has 4 aromatic rings. The molecule has 2 heterocycles. The molecule has 2 aromatic heterocycles. The van der Waals surface area contributed by atoms with Gasteiger partial charge in [-0.3, -0.25) is 0 Å². The Bertz CT molecular complexity index is 1010. The number of hydrogen-bond acceptors (Lipinski definition) is 4. The van der Waals surface area contributed by atoms with E-state index < -0.39 is 0 Å². The molecule has 4 rings (SSSR count). The highest BCUT2D eigenvalue weighted by molar-refractivity contribution is 7.13. The molecule has 0 saturated carbocycles. The molecule has 122 valence electrons. The van der Waals surface area contributed by atoms with E-state index in [4.69, 9.17) is 4.74 Å². The summed E-state index contributed by atoms with van der Waals surface area (Å²) in [6.07, 6.45) is 0. The van der Waals surface area contributed by atoms with Crippen LogP contribution in [0.4, 0.5) is 0 Å². The van der Waals surface area contributed by atoms with E-state index in [0.29, 0.717) is 5.56 Å². The van der Waals surface area contributed by atoms with Crippen LogP contribution in [0.3, 0.4) is 0 Å². The summed E-state index contributed by atoms with van der Waals surface area (Å²) in [5.41, 5.74) is 3.10. The molecule has 2 aromatic carbocycles. The summed E-state index contributed by atoms with van der Waals surface area (Å²) in [5.74, 6) is -0.333. The molecule has 0 amide bonds. The van der Waals surface area contributed by atoms with E-state index in [1.165, 1.54) is 0 Å². The first-order chi connectivity index (χ1) is 12.3. The Kier molecular flexibility index (Phi) is 4.27. The molecule has 0 atom stereocenters. The van der Waals surface area contributed by atoms with Crippen LogP contribution in [0, 0.1) is 0 Å². The maximum Gasteiger partial charge on any atom is 0.339 e. The van der Waals surface area contributed by atoms with Crippen LogP contribution in [0.1, 0.15) is 15.9 Å². The van der Waals surface area contributed by atoms with Gasteiger partial charge in [0.15, 0.2) is 0 Å². The number of benzene rings is 2. The van der Waals surface area contributed by atoms with E-state index in [9.17, 15) is 4.79 Å². The third-order valence-corrected chi connectivity index (χ3v) is 4.81. The molecule has 0 N–H and O–H groups in total. The fraction of sp³-hybridized carbons (Fsp3) is 0.0476. The van der Waals surface area contributed by atoms with Crippen molar-refractivity contribution < 1.29 is 9.53 Å². The molecular weight excluding hydrogens is 330 g/mol. The zero-order chi connectivity index (χ0) is 17.1. The molecule has 0 aliphatic heterocycles. The van der Waals surface area contributed by atoms with E-state index in [2.05, 4.69) is 4.98 Å². The zero-order valence-corrected chi connectivity index (χ0v) is 14.2. The monoisotopic (exact) mass is 345 g/mol. The predicted molar refractivity (Wildman–Crippen MR) is 101 cm³/mol. The number of thiophene rings is 1. The smallest absolute Gasteiger partial charge is 0.339 e. The molecule has 0 spiro atoms. The van der Waals surface area contributed by atoms with Gasteiger partial charge in [-0.1, -0.05) is 54.6 Å². The van der Waals surface area contributed by atoms with Gasteiger partial charge in [0.05, 0.1) is 21.7 Å². The minimum Gasteiger partial charge on any atom is -0.457 e. The highest BCUT2D eigenvalue weighted by Gasteiger charge is 2.15. The largest absolute Gasteiger partial charge is 0.457 e. The maximum absolute atomic E-state index is 12.7. The second kappa shape index (κ2) is 6.87. The molecule has 0 aliphatic rings. The van der Waals surface area contributed by atoms with Crippen molar-refractivity contribution in [2.24, 2.45) is 0 Å². The number of esters is 1. The van der Waals surface area contributed by atoms with Gasteiger partial charge in [-0.2, -0.15) is 0 Å². The second-order valence-electron chi connectivity index (χ2n) is 5.61. The van der Waals surface area contributed by atoms with Gasteiger partial charge >= 0.3 is 5.97 Å². The van der Waals surface area contributed by atoms with Crippen LogP contribution in [0.2, 0.25) is 0 Å². The Balaban J connectivity index is 1.71. The Morgan fingerprint density at radius 2 is 1.76 bits per heavy atom. The fourth-order valence-corrected chi connectivity index (χ4v) is 3.38. The van der Waals surface area contributed by atoms with E-state index in [-0.39, 0.29) is 12.6 Å². The van der Waals surface area contributed by atoms with Crippen LogP contribution in [-0.4, -0.2) is 11.0 Å². The highest BCUT2D eigenvalue weighted by atomic mass is 32.1. The number of aromatic nitrogens is 1. The third-order valence-electron chi connectivity index (χ3n) is 3.92. The Labute approximate surface area is 149 Å². The van der Waals surface area contributed by atoms with Crippen LogP contribution < -0.4 is 0 Å².